The molecule has 0 spiro atoms. The van der Waals surface area contributed by atoms with Gasteiger partial charge >= 0.3 is 0 Å². The normalized spacial score (nSPS) is 15.6. The van der Waals surface area contributed by atoms with E-state index in [-0.39, 0.29) is 11.9 Å². The zero-order valence-electron chi connectivity index (χ0n) is 15.1. The molecule has 5 heteroatoms. The number of nitrogens with zero attached hydrogens (tertiary/aromatic N) is 2. The zero-order valence-corrected chi connectivity index (χ0v) is 15.8. The summed E-state index contributed by atoms with van der Waals surface area (Å²) in [5.41, 5.74) is 2.69. The monoisotopic (exact) mass is 379 g/mol. The highest BCUT2D eigenvalue weighted by atomic mass is 35.5. The first-order valence-corrected chi connectivity index (χ1v) is 9.46. The Morgan fingerprint density at radius 3 is 2.67 bits per heavy atom. The average Bonchev–Trinajstić information content (AvgIpc) is 2.70. The maximum Gasteiger partial charge on any atom is 0.244 e. The molecule has 0 unspecified atom stereocenters. The molecule has 3 rings (SSSR count). The SMILES string of the molecule is N#Cc1cccc(/C=C/C(=O)NC2CCN(Cc3ccc(Cl)cc3)CC2)c1. The van der Waals surface area contributed by atoms with E-state index in [1.807, 2.05) is 24.3 Å². The lowest BCUT2D eigenvalue weighted by molar-refractivity contribution is -0.117. The molecule has 27 heavy (non-hydrogen) atoms. The van der Waals surface area contributed by atoms with Crippen molar-refractivity contribution in [2.75, 3.05) is 13.1 Å². The lowest BCUT2D eigenvalue weighted by Crippen LogP contribution is -2.43. The molecule has 0 saturated carbocycles. The fraction of sp³-hybridized carbons (Fsp3) is 0.273. The van der Waals surface area contributed by atoms with Gasteiger partial charge in [-0.25, -0.2) is 0 Å². The number of carbonyl (C=O) groups excluding carboxylic acids is 1. The molecular weight excluding hydrogens is 358 g/mol. The number of rotatable bonds is 5. The van der Waals surface area contributed by atoms with Crippen molar-refractivity contribution in [1.29, 1.82) is 5.26 Å². The van der Waals surface area contributed by atoms with Gasteiger partial charge in [-0.2, -0.15) is 5.26 Å². The van der Waals surface area contributed by atoms with Crippen molar-refractivity contribution in [2.45, 2.75) is 25.4 Å². The lowest BCUT2D eigenvalue weighted by atomic mass is 10.0. The summed E-state index contributed by atoms with van der Waals surface area (Å²) in [6, 6.07) is 17.5. The van der Waals surface area contributed by atoms with Crippen molar-refractivity contribution in [1.82, 2.24) is 10.2 Å². The first kappa shape index (κ1) is 19.2. The van der Waals surface area contributed by atoms with E-state index in [0.717, 1.165) is 43.1 Å². The topological polar surface area (TPSA) is 56.1 Å². The molecule has 0 atom stereocenters. The third-order valence-electron chi connectivity index (χ3n) is 4.70. The predicted octanol–water partition coefficient (Wildman–Crippen LogP) is 4.01. The van der Waals surface area contributed by atoms with Crippen LogP contribution in [0.25, 0.3) is 6.08 Å². The highest BCUT2D eigenvalue weighted by Crippen LogP contribution is 2.16. The van der Waals surface area contributed by atoms with Gasteiger partial charge in [-0.1, -0.05) is 35.9 Å². The van der Waals surface area contributed by atoms with E-state index in [1.165, 1.54) is 11.6 Å². The van der Waals surface area contributed by atoms with Crippen molar-refractivity contribution in [3.8, 4) is 6.07 Å². The van der Waals surface area contributed by atoms with E-state index in [1.54, 1.807) is 18.2 Å². The quantitative estimate of drug-likeness (QED) is 0.798. The van der Waals surface area contributed by atoms with Crippen LogP contribution in [0.5, 0.6) is 0 Å². The second kappa shape index (κ2) is 9.36. The van der Waals surface area contributed by atoms with Crippen LogP contribution in [0.2, 0.25) is 5.02 Å². The molecule has 1 aliphatic heterocycles. The smallest absolute Gasteiger partial charge is 0.244 e. The molecule has 0 aliphatic carbocycles. The Balaban J connectivity index is 1.44. The summed E-state index contributed by atoms with van der Waals surface area (Å²) in [7, 11) is 0. The minimum Gasteiger partial charge on any atom is -0.350 e. The number of nitriles is 1. The Hall–Kier alpha value is -2.61. The predicted molar refractivity (Wildman–Crippen MR) is 108 cm³/mol. The second-order valence-corrected chi connectivity index (χ2v) is 7.19. The van der Waals surface area contributed by atoms with Gasteiger partial charge in [0.2, 0.25) is 5.91 Å². The molecule has 2 aromatic carbocycles. The minimum absolute atomic E-state index is 0.0893. The van der Waals surface area contributed by atoms with Crippen LogP contribution in [0.4, 0.5) is 0 Å². The summed E-state index contributed by atoms with van der Waals surface area (Å²) < 4.78 is 0. The van der Waals surface area contributed by atoms with Crippen LogP contribution >= 0.6 is 11.6 Å². The average molecular weight is 380 g/mol. The number of halogens is 1. The number of hydrogen-bond acceptors (Lipinski definition) is 3. The van der Waals surface area contributed by atoms with Gasteiger partial charge < -0.3 is 5.32 Å². The maximum atomic E-state index is 12.2. The molecule has 1 aliphatic rings. The third-order valence-corrected chi connectivity index (χ3v) is 4.95. The van der Waals surface area contributed by atoms with E-state index in [4.69, 9.17) is 16.9 Å². The van der Waals surface area contributed by atoms with Crippen molar-refractivity contribution in [3.05, 3.63) is 76.3 Å². The number of nitrogens with one attached hydrogen (secondary N) is 1. The molecule has 138 valence electrons. The van der Waals surface area contributed by atoms with Crippen LogP contribution in [-0.2, 0) is 11.3 Å². The molecule has 1 heterocycles. The van der Waals surface area contributed by atoms with Crippen LogP contribution in [0.15, 0.2) is 54.6 Å². The molecule has 1 N–H and O–H groups in total. The number of amides is 1. The molecule has 0 radical (unpaired) electrons. The molecule has 0 bridgehead atoms. The molecule has 1 amide bonds. The summed E-state index contributed by atoms with van der Waals surface area (Å²) in [5, 5.41) is 12.8. The maximum absolute atomic E-state index is 12.2. The standard InChI is InChI=1S/C22H22ClN3O/c23-20-7-4-18(5-8-20)16-26-12-10-21(11-13-26)25-22(27)9-6-17-2-1-3-19(14-17)15-24/h1-9,14,21H,10-13,16H2,(H,25,27)/b9-6+. The van der Waals surface area contributed by atoms with Crippen molar-refractivity contribution in [2.24, 2.45) is 0 Å². The summed E-state index contributed by atoms with van der Waals surface area (Å²) in [4.78, 5) is 14.6. The fourth-order valence-corrected chi connectivity index (χ4v) is 3.34. The first-order valence-electron chi connectivity index (χ1n) is 9.08. The molecular formula is C22H22ClN3O. The molecule has 4 nitrogen and oxygen atoms in total. The van der Waals surface area contributed by atoms with Gasteiger partial charge in [0, 0.05) is 36.8 Å². The number of hydrogen-bond donors (Lipinski definition) is 1. The van der Waals surface area contributed by atoms with Crippen LogP contribution in [0.1, 0.15) is 29.5 Å². The van der Waals surface area contributed by atoms with Crippen molar-refractivity contribution >= 4 is 23.6 Å². The summed E-state index contributed by atoms with van der Waals surface area (Å²) in [6.45, 7) is 2.83. The fourth-order valence-electron chi connectivity index (χ4n) is 3.22. The molecule has 1 saturated heterocycles. The van der Waals surface area contributed by atoms with Gasteiger partial charge in [-0.15, -0.1) is 0 Å². The Morgan fingerprint density at radius 2 is 1.96 bits per heavy atom. The summed E-state index contributed by atoms with van der Waals surface area (Å²) in [5.74, 6) is -0.0893. The minimum atomic E-state index is -0.0893. The van der Waals surface area contributed by atoms with Crippen molar-refractivity contribution < 1.29 is 4.79 Å². The Bertz CT molecular complexity index is 847. The van der Waals surface area contributed by atoms with Crippen LogP contribution in [-0.4, -0.2) is 29.9 Å². The van der Waals surface area contributed by atoms with Crippen LogP contribution in [0.3, 0.4) is 0 Å². The van der Waals surface area contributed by atoms with E-state index in [2.05, 4.69) is 28.4 Å². The lowest BCUT2D eigenvalue weighted by Gasteiger charge is -2.32. The summed E-state index contributed by atoms with van der Waals surface area (Å²) >= 11 is 5.93. The van der Waals surface area contributed by atoms with Crippen LogP contribution in [0, 0.1) is 11.3 Å². The van der Waals surface area contributed by atoms with Crippen molar-refractivity contribution in [3.63, 3.8) is 0 Å². The third kappa shape index (κ3) is 5.96. The largest absolute Gasteiger partial charge is 0.350 e. The number of likely N-dealkylation sites (tertiary alicyclic amines) is 1. The summed E-state index contributed by atoms with van der Waals surface area (Å²) in [6.07, 6.45) is 5.16. The Labute approximate surface area is 165 Å². The number of carbonyl (C=O) groups is 1. The highest BCUT2D eigenvalue weighted by Gasteiger charge is 2.20. The van der Waals surface area contributed by atoms with Gasteiger partial charge in [0.15, 0.2) is 0 Å². The van der Waals surface area contributed by atoms with Gasteiger partial charge in [-0.05, 0) is 54.3 Å². The van der Waals surface area contributed by atoms with E-state index in [0.29, 0.717) is 5.56 Å². The van der Waals surface area contributed by atoms with E-state index >= 15 is 0 Å². The van der Waals surface area contributed by atoms with Gasteiger partial charge in [0.25, 0.3) is 0 Å². The molecule has 1 fully saturated rings. The van der Waals surface area contributed by atoms with Crippen LogP contribution < -0.4 is 5.32 Å². The number of piperidine rings is 1. The molecule has 0 aromatic heterocycles. The van der Waals surface area contributed by atoms with Gasteiger partial charge in [0.05, 0.1) is 11.6 Å². The van der Waals surface area contributed by atoms with Gasteiger partial charge in [-0.3, -0.25) is 9.69 Å². The molecule has 2 aromatic rings. The van der Waals surface area contributed by atoms with Gasteiger partial charge in [0.1, 0.15) is 0 Å². The zero-order chi connectivity index (χ0) is 19.1. The van der Waals surface area contributed by atoms with E-state index in [9.17, 15) is 4.79 Å². The second-order valence-electron chi connectivity index (χ2n) is 6.76. The van der Waals surface area contributed by atoms with E-state index < -0.39 is 0 Å². The Morgan fingerprint density at radius 1 is 1.22 bits per heavy atom. The number of benzene rings is 2. The first-order chi connectivity index (χ1) is 13.1. The highest BCUT2D eigenvalue weighted by molar-refractivity contribution is 6.30. The Kier molecular flexibility index (Phi) is 6.64.